The van der Waals surface area contributed by atoms with Crippen LogP contribution in [0.4, 0.5) is 0 Å². The van der Waals surface area contributed by atoms with E-state index >= 15 is 0 Å². The molecule has 6 heteroatoms. The molecule has 0 heterocycles. The molecule has 0 aliphatic heterocycles. The molecule has 0 amide bonds. The predicted octanol–water partition coefficient (Wildman–Crippen LogP) is 3.13. The molecule has 0 spiro atoms. The summed E-state index contributed by atoms with van der Waals surface area (Å²) >= 11 is 5.52. The Hall–Kier alpha value is -0.830. The summed E-state index contributed by atoms with van der Waals surface area (Å²) in [6.45, 7) is 3.53. The van der Waals surface area contributed by atoms with Crippen molar-refractivity contribution in [2.45, 2.75) is 13.8 Å². The zero-order valence-electron chi connectivity index (χ0n) is 9.09. The highest BCUT2D eigenvalue weighted by Gasteiger charge is 2.28. The van der Waals surface area contributed by atoms with Crippen LogP contribution < -0.4 is 5.30 Å². The minimum Gasteiger partial charge on any atom is -0.309 e. The van der Waals surface area contributed by atoms with E-state index in [0.717, 1.165) is 0 Å². The fourth-order valence-corrected chi connectivity index (χ4v) is 2.52. The number of benzene rings is 1. The zero-order valence-corrected chi connectivity index (χ0v) is 10.7. The van der Waals surface area contributed by atoms with Crippen LogP contribution in [0.3, 0.4) is 0 Å². The van der Waals surface area contributed by atoms with Crippen molar-refractivity contribution >= 4 is 29.7 Å². The first kappa shape index (κ1) is 13.2. The second-order valence-electron chi connectivity index (χ2n) is 2.92. The van der Waals surface area contributed by atoms with Gasteiger partial charge in [-0.05, 0) is 26.0 Å². The number of hydrogen-bond donors (Lipinski definition) is 0. The maximum absolute atomic E-state index is 12.3. The maximum Gasteiger partial charge on any atom is 0.430 e. The summed E-state index contributed by atoms with van der Waals surface area (Å²) in [4.78, 5) is 0. The second kappa shape index (κ2) is 6.04. The monoisotopic (exact) mass is 261 g/mol. The summed E-state index contributed by atoms with van der Waals surface area (Å²) in [5.74, 6) is 0. The van der Waals surface area contributed by atoms with Gasteiger partial charge < -0.3 is 4.62 Å². The number of halogens is 1. The summed E-state index contributed by atoms with van der Waals surface area (Å²) in [6, 6.07) is 8.64. The molecule has 4 nitrogen and oxygen atoms in total. The Balaban J connectivity index is 2.98. The molecule has 0 bridgehead atoms. The van der Waals surface area contributed by atoms with Crippen molar-refractivity contribution in [3.63, 3.8) is 0 Å². The van der Waals surface area contributed by atoms with Crippen molar-refractivity contribution in [3.8, 4) is 0 Å². The van der Waals surface area contributed by atoms with E-state index in [4.69, 9.17) is 20.7 Å². The average Bonchev–Trinajstić information content (AvgIpc) is 2.28. The summed E-state index contributed by atoms with van der Waals surface area (Å²) in [5, 5.41) is 4.11. The highest BCUT2D eigenvalue weighted by atomic mass is 35.5. The quantitative estimate of drug-likeness (QED) is 0.465. The smallest absolute Gasteiger partial charge is 0.309 e. The van der Waals surface area contributed by atoms with E-state index < -0.39 is 7.60 Å². The summed E-state index contributed by atoms with van der Waals surface area (Å²) < 4.78 is 22.3. The first-order valence-corrected chi connectivity index (χ1v) is 6.69. The van der Waals surface area contributed by atoms with Crippen LogP contribution in [0.5, 0.6) is 0 Å². The lowest BCUT2D eigenvalue weighted by molar-refractivity contribution is 0.229. The van der Waals surface area contributed by atoms with Gasteiger partial charge in [0.2, 0.25) is 0 Å². The summed E-state index contributed by atoms with van der Waals surface area (Å²) in [5.41, 5.74) is 0. The maximum atomic E-state index is 12.3. The van der Waals surface area contributed by atoms with Crippen molar-refractivity contribution in [2.75, 3.05) is 6.61 Å². The largest absolute Gasteiger partial charge is 0.430 e. The molecule has 0 saturated carbocycles. The Kier molecular flexibility index (Phi) is 5.00. The van der Waals surface area contributed by atoms with Crippen LogP contribution in [0.2, 0.25) is 0 Å². The molecule has 0 aliphatic carbocycles. The topological polar surface area (TPSA) is 47.9 Å². The minimum atomic E-state index is -3.40. The van der Waals surface area contributed by atoms with Gasteiger partial charge in [0.1, 0.15) is 5.17 Å². The Morgan fingerprint density at radius 2 is 2.06 bits per heavy atom. The van der Waals surface area contributed by atoms with Gasteiger partial charge in [-0.3, -0.25) is 4.52 Å². The molecule has 0 N–H and O–H groups in total. The van der Waals surface area contributed by atoms with Gasteiger partial charge in [-0.25, -0.2) is 4.57 Å². The predicted molar refractivity (Wildman–Crippen MR) is 65.4 cm³/mol. The molecule has 1 atom stereocenters. The second-order valence-corrected chi connectivity index (χ2v) is 5.40. The molecule has 1 rings (SSSR count). The van der Waals surface area contributed by atoms with Crippen LogP contribution in [-0.4, -0.2) is 11.8 Å². The van der Waals surface area contributed by atoms with E-state index in [9.17, 15) is 4.57 Å². The average molecular weight is 262 g/mol. The van der Waals surface area contributed by atoms with Crippen LogP contribution in [-0.2, 0) is 13.7 Å². The normalized spacial score (nSPS) is 15.6. The molecule has 1 aromatic carbocycles. The SMILES string of the molecule is CCOP(=O)(O/N=C(/C)Cl)c1ccccc1. The van der Waals surface area contributed by atoms with E-state index in [1.807, 2.05) is 6.07 Å². The lowest BCUT2D eigenvalue weighted by atomic mass is 10.4. The van der Waals surface area contributed by atoms with Gasteiger partial charge in [-0.15, -0.1) is 0 Å². The fourth-order valence-electron chi connectivity index (χ4n) is 1.04. The zero-order chi connectivity index (χ0) is 12.0. The standard InChI is InChI=1S/C10H13ClNO3P/c1-3-14-16(13,15-12-9(2)11)10-7-5-4-6-8-10/h4-8H,3H2,1-2H3/b12-9-. The number of hydrogen-bond acceptors (Lipinski definition) is 4. The van der Waals surface area contributed by atoms with E-state index in [0.29, 0.717) is 5.30 Å². The van der Waals surface area contributed by atoms with E-state index in [1.165, 1.54) is 6.92 Å². The molecule has 88 valence electrons. The molecule has 0 fully saturated rings. The van der Waals surface area contributed by atoms with Crippen LogP contribution in [0.1, 0.15) is 13.8 Å². The lowest BCUT2D eigenvalue weighted by Crippen LogP contribution is -2.08. The van der Waals surface area contributed by atoms with E-state index in [1.54, 1.807) is 31.2 Å². The van der Waals surface area contributed by atoms with Gasteiger partial charge in [0.15, 0.2) is 0 Å². The Labute approximate surface area is 99.7 Å². The molecule has 0 saturated heterocycles. The first-order valence-electron chi connectivity index (χ1n) is 4.77. The highest BCUT2D eigenvalue weighted by Crippen LogP contribution is 2.47. The Morgan fingerprint density at radius 3 is 2.56 bits per heavy atom. The molecule has 16 heavy (non-hydrogen) atoms. The molecule has 1 unspecified atom stereocenters. The van der Waals surface area contributed by atoms with Gasteiger partial charge >= 0.3 is 7.60 Å². The summed E-state index contributed by atoms with van der Waals surface area (Å²) in [7, 11) is -3.40. The van der Waals surface area contributed by atoms with Crippen molar-refractivity contribution in [3.05, 3.63) is 30.3 Å². The summed E-state index contributed by atoms with van der Waals surface area (Å²) in [6.07, 6.45) is 0. The van der Waals surface area contributed by atoms with Crippen LogP contribution in [0, 0.1) is 0 Å². The minimum absolute atomic E-state index is 0.163. The lowest BCUT2D eigenvalue weighted by Gasteiger charge is -2.14. The van der Waals surface area contributed by atoms with Gasteiger partial charge in [-0.2, -0.15) is 0 Å². The molecular formula is C10H13ClNO3P. The van der Waals surface area contributed by atoms with Crippen LogP contribution in [0.15, 0.2) is 35.5 Å². The van der Waals surface area contributed by atoms with Crippen LogP contribution in [0.25, 0.3) is 0 Å². The molecule has 0 aromatic heterocycles. The van der Waals surface area contributed by atoms with Crippen molar-refractivity contribution in [2.24, 2.45) is 5.16 Å². The number of rotatable bonds is 5. The third-order valence-corrected chi connectivity index (χ3v) is 3.54. The fraction of sp³-hybridized carbons (Fsp3) is 0.300. The Bertz CT molecular complexity index is 404. The molecule has 0 aliphatic rings. The van der Waals surface area contributed by atoms with Crippen molar-refractivity contribution in [1.82, 2.24) is 0 Å². The van der Waals surface area contributed by atoms with Gasteiger partial charge in [0.05, 0.1) is 11.9 Å². The highest BCUT2D eigenvalue weighted by molar-refractivity contribution is 7.62. The van der Waals surface area contributed by atoms with Gasteiger partial charge in [0.25, 0.3) is 0 Å². The molecular weight excluding hydrogens is 249 g/mol. The van der Waals surface area contributed by atoms with Crippen LogP contribution >= 0.6 is 19.2 Å². The third-order valence-electron chi connectivity index (χ3n) is 1.65. The van der Waals surface area contributed by atoms with E-state index in [2.05, 4.69) is 5.16 Å². The first-order chi connectivity index (χ1) is 7.58. The van der Waals surface area contributed by atoms with Gasteiger partial charge in [-0.1, -0.05) is 35.0 Å². The molecule has 1 aromatic rings. The van der Waals surface area contributed by atoms with Crippen molar-refractivity contribution in [1.29, 1.82) is 0 Å². The number of nitrogens with zero attached hydrogens (tertiary/aromatic N) is 1. The van der Waals surface area contributed by atoms with Crippen molar-refractivity contribution < 1.29 is 13.7 Å². The number of oxime groups is 1. The third kappa shape index (κ3) is 3.63. The Morgan fingerprint density at radius 1 is 1.44 bits per heavy atom. The molecule has 0 radical (unpaired) electrons. The van der Waals surface area contributed by atoms with Gasteiger partial charge in [0, 0.05) is 0 Å². The van der Waals surface area contributed by atoms with E-state index in [-0.39, 0.29) is 11.8 Å².